The first kappa shape index (κ1) is 8.94. The van der Waals surface area contributed by atoms with E-state index in [4.69, 9.17) is 4.74 Å². The Morgan fingerprint density at radius 2 is 2.21 bits per heavy atom. The van der Waals surface area contributed by atoms with E-state index in [1.165, 1.54) is 0 Å². The lowest BCUT2D eigenvalue weighted by molar-refractivity contribution is -0.108. The molecule has 0 bridgehead atoms. The van der Waals surface area contributed by atoms with Gasteiger partial charge in [-0.05, 0) is 12.1 Å². The molecule has 1 aliphatic rings. The van der Waals surface area contributed by atoms with Gasteiger partial charge < -0.3 is 9.53 Å². The van der Waals surface area contributed by atoms with Gasteiger partial charge in [-0.25, -0.2) is 4.99 Å². The van der Waals surface area contributed by atoms with Crippen LogP contribution in [0, 0.1) is 0 Å². The number of rotatable bonds is 3. The number of carbonyl (C=O) groups excluding carboxylic acids is 1. The molecule has 0 saturated carbocycles. The van der Waals surface area contributed by atoms with E-state index in [0.717, 1.165) is 11.8 Å². The van der Waals surface area contributed by atoms with Gasteiger partial charge in [0.2, 0.25) is 5.90 Å². The largest absolute Gasteiger partial charge is 0.475 e. The van der Waals surface area contributed by atoms with Crippen molar-refractivity contribution in [1.29, 1.82) is 0 Å². The topological polar surface area (TPSA) is 38.7 Å². The maximum atomic E-state index is 10.3. The number of hydrogen-bond acceptors (Lipinski definition) is 3. The second-order valence-corrected chi connectivity index (χ2v) is 3.17. The summed E-state index contributed by atoms with van der Waals surface area (Å²) in [6, 6.07) is 9.72. The van der Waals surface area contributed by atoms with E-state index in [2.05, 4.69) is 4.99 Å². The van der Waals surface area contributed by atoms with E-state index in [-0.39, 0.29) is 6.04 Å². The van der Waals surface area contributed by atoms with Crippen molar-refractivity contribution in [3.05, 3.63) is 35.9 Å². The zero-order chi connectivity index (χ0) is 9.80. The van der Waals surface area contributed by atoms with Gasteiger partial charge in [-0.3, -0.25) is 0 Å². The van der Waals surface area contributed by atoms with Crippen LogP contribution >= 0.6 is 0 Å². The van der Waals surface area contributed by atoms with E-state index >= 15 is 0 Å². The number of aldehydes is 1. The molecule has 2 rings (SSSR count). The fourth-order valence-electron chi connectivity index (χ4n) is 1.39. The van der Waals surface area contributed by atoms with Gasteiger partial charge in [0, 0.05) is 12.0 Å². The summed E-state index contributed by atoms with van der Waals surface area (Å²) in [5.41, 5.74) is 0.973. The summed E-state index contributed by atoms with van der Waals surface area (Å²) in [4.78, 5) is 14.6. The predicted octanol–water partition coefficient (Wildman–Crippen LogP) is 1.42. The van der Waals surface area contributed by atoms with Gasteiger partial charge in [0.05, 0.1) is 6.04 Å². The quantitative estimate of drug-likeness (QED) is 0.674. The number of carbonyl (C=O) groups is 1. The molecule has 0 saturated heterocycles. The van der Waals surface area contributed by atoms with Crippen LogP contribution in [0.25, 0.3) is 0 Å². The molecule has 14 heavy (non-hydrogen) atoms. The van der Waals surface area contributed by atoms with Gasteiger partial charge >= 0.3 is 0 Å². The summed E-state index contributed by atoms with van der Waals surface area (Å²) in [5, 5.41) is 0. The molecular weight excluding hydrogens is 178 g/mol. The Hall–Kier alpha value is -1.64. The Labute approximate surface area is 82.4 Å². The zero-order valence-corrected chi connectivity index (χ0v) is 7.72. The Balaban J connectivity index is 2.14. The average molecular weight is 189 g/mol. The highest BCUT2D eigenvalue weighted by atomic mass is 16.5. The highest BCUT2D eigenvalue weighted by Crippen LogP contribution is 2.12. The lowest BCUT2D eigenvalue weighted by Crippen LogP contribution is -2.06. The maximum Gasteiger partial charge on any atom is 0.216 e. The van der Waals surface area contributed by atoms with Crippen LogP contribution < -0.4 is 0 Å². The van der Waals surface area contributed by atoms with Crippen LogP contribution in [0.1, 0.15) is 12.0 Å². The third kappa shape index (κ3) is 1.82. The zero-order valence-electron chi connectivity index (χ0n) is 7.72. The normalized spacial score (nSPS) is 20.0. The Morgan fingerprint density at radius 1 is 1.43 bits per heavy atom. The first-order chi connectivity index (χ1) is 6.90. The molecule has 1 aliphatic heterocycles. The van der Waals surface area contributed by atoms with Crippen molar-refractivity contribution in [1.82, 2.24) is 0 Å². The molecule has 0 amide bonds. The van der Waals surface area contributed by atoms with Crippen molar-refractivity contribution < 1.29 is 9.53 Å². The number of ether oxygens (including phenoxy) is 1. The maximum absolute atomic E-state index is 10.3. The van der Waals surface area contributed by atoms with Crippen molar-refractivity contribution in [2.45, 2.75) is 12.5 Å². The Bertz CT molecular complexity index is 346. The van der Waals surface area contributed by atoms with Crippen molar-refractivity contribution >= 4 is 12.2 Å². The third-order valence-corrected chi connectivity index (χ3v) is 2.10. The molecule has 1 unspecified atom stereocenters. The monoisotopic (exact) mass is 189 g/mol. The molecule has 3 nitrogen and oxygen atoms in total. The molecule has 0 spiro atoms. The minimum Gasteiger partial charge on any atom is -0.475 e. The second-order valence-electron chi connectivity index (χ2n) is 3.17. The van der Waals surface area contributed by atoms with Crippen LogP contribution in [0.4, 0.5) is 0 Å². The smallest absolute Gasteiger partial charge is 0.216 e. The predicted molar refractivity (Wildman–Crippen MR) is 53.4 cm³/mol. The fraction of sp³-hybridized carbons (Fsp3) is 0.273. The van der Waals surface area contributed by atoms with Crippen molar-refractivity contribution in [2.75, 3.05) is 6.61 Å². The minimum atomic E-state index is 0.00251. The highest BCUT2D eigenvalue weighted by molar-refractivity contribution is 5.95. The van der Waals surface area contributed by atoms with Crippen LogP contribution in [0.15, 0.2) is 35.3 Å². The summed E-state index contributed by atoms with van der Waals surface area (Å²) in [5.74, 6) is 0.650. The van der Waals surface area contributed by atoms with E-state index in [1.807, 2.05) is 30.3 Å². The molecule has 0 fully saturated rings. The van der Waals surface area contributed by atoms with Crippen LogP contribution in [0.5, 0.6) is 0 Å². The molecule has 72 valence electrons. The van der Waals surface area contributed by atoms with Gasteiger partial charge in [0.25, 0.3) is 0 Å². The van der Waals surface area contributed by atoms with E-state index in [0.29, 0.717) is 18.9 Å². The molecule has 0 aliphatic carbocycles. The van der Waals surface area contributed by atoms with Gasteiger partial charge in [-0.2, -0.15) is 0 Å². The van der Waals surface area contributed by atoms with Gasteiger partial charge in [-0.15, -0.1) is 0 Å². The molecular formula is C11H11NO2. The standard InChI is InChI=1S/C11H11NO2/c13-7-6-10-8-14-11(12-10)9-4-2-1-3-5-9/h1-5,7,10H,6,8H2. The van der Waals surface area contributed by atoms with Gasteiger partial charge in [0.15, 0.2) is 0 Å². The molecule has 0 N–H and O–H groups in total. The summed E-state index contributed by atoms with van der Waals surface area (Å²) in [6.07, 6.45) is 1.32. The molecule has 0 radical (unpaired) electrons. The van der Waals surface area contributed by atoms with Crippen molar-refractivity contribution in [2.24, 2.45) is 4.99 Å². The van der Waals surface area contributed by atoms with Crippen molar-refractivity contribution in [3.8, 4) is 0 Å². The fourth-order valence-corrected chi connectivity index (χ4v) is 1.39. The lowest BCUT2D eigenvalue weighted by atomic mass is 10.2. The first-order valence-electron chi connectivity index (χ1n) is 4.60. The number of hydrogen-bond donors (Lipinski definition) is 0. The lowest BCUT2D eigenvalue weighted by Gasteiger charge is -1.99. The van der Waals surface area contributed by atoms with E-state index < -0.39 is 0 Å². The first-order valence-corrected chi connectivity index (χ1v) is 4.60. The summed E-state index contributed by atoms with van der Waals surface area (Å²) in [7, 11) is 0. The van der Waals surface area contributed by atoms with Crippen LogP contribution in [-0.2, 0) is 9.53 Å². The summed E-state index contributed by atoms with van der Waals surface area (Å²) in [6.45, 7) is 0.517. The molecule has 1 atom stereocenters. The Morgan fingerprint density at radius 3 is 2.93 bits per heavy atom. The van der Waals surface area contributed by atoms with Crippen LogP contribution in [0.3, 0.4) is 0 Å². The minimum absolute atomic E-state index is 0.00251. The number of nitrogens with zero attached hydrogens (tertiary/aromatic N) is 1. The molecule has 0 aromatic heterocycles. The third-order valence-electron chi connectivity index (χ3n) is 2.10. The SMILES string of the molecule is O=CCC1COC(c2ccccc2)=N1. The van der Waals surface area contributed by atoms with Crippen LogP contribution in [-0.4, -0.2) is 24.8 Å². The highest BCUT2D eigenvalue weighted by Gasteiger charge is 2.18. The van der Waals surface area contributed by atoms with Gasteiger partial charge in [-0.1, -0.05) is 18.2 Å². The summed E-state index contributed by atoms with van der Waals surface area (Å²) >= 11 is 0. The molecule has 1 aromatic carbocycles. The number of benzene rings is 1. The van der Waals surface area contributed by atoms with E-state index in [9.17, 15) is 4.79 Å². The van der Waals surface area contributed by atoms with Crippen molar-refractivity contribution in [3.63, 3.8) is 0 Å². The molecule has 3 heteroatoms. The second kappa shape index (κ2) is 4.05. The summed E-state index contributed by atoms with van der Waals surface area (Å²) < 4.78 is 5.40. The van der Waals surface area contributed by atoms with E-state index in [1.54, 1.807) is 0 Å². The molecule has 1 heterocycles. The van der Waals surface area contributed by atoms with Crippen LogP contribution in [0.2, 0.25) is 0 Å². The average Bonchev–Trinajstić information content (AvgIpc) is 2.68. The molecule has 1 aromatic rings. The number of aliphatic imine (C=N–C) groups is 1. The van der Waals surface area contributed by atoms with Gasteiger partial charge in [0.1, 0.15) is 12.9 Å². The Kier molecular flexibility index (Phi) is 2.58.